The zero-order valence-corrected chi connectivity index (χ0v) is 18.6. The number of hydrazone groups is 1. The number of ether oxygens (including phenoxy) is 1. The number of nitrogens with zero attached hydrogens (tertiary/aromatic N) is 4. The molecule has 0 amide bonds. The number of fused-ring (bicyclic) bond motifs is 1. The summed E-state index contributed by atoms with van der Waals surface area (Å²) in [6, 6.07) is 14.1. The maximum absolute atomic E-state index is 12.6. The van der Waals surface area contributed by atoms with E-state index >= 15 is 0 Å². The van der Waals surface area contributed by atoms with E-state index in [1.165, 1.54) is 28.5 Å². The van der Waals surface area contributed by atoms with Crippen molar-refractivity contribution in [3.8, 4) is 11.5 Å². The van der Waals surface area contributed by atoms with Gasteiger partial charge in [-0.1, -0.05) is 30.3 Å². The molecule has 11 nitrogen and oxygen atoms in total. The average molecular weight is 464 g/mol. The highest BCUT2D eigenvalue weighted by atomic mass is 16.5. The van der Waals surface area contributed by atoms with Crippen molar-refractivity contribution in [1.29, 1.82) is 0 Å². The molecule has 2 heterocycles. The highest BCUT2D eigenvalue weighted by Gasteiger charge is 2.20. The Morgan fingerprint density at radius 2 is 1.94 bits per heavy atom. The molecule has 0 aliphatic carbocycles. The van der Waals surface area contributed by atoms with Gasteiger partial charge in [0.2, 0.25) is 5.95 Å². The molecule has 1 atom stereocenters. The maximum atomic E-state index is 12.6. The molecule has 2 aromatic heterocycles. The average Bonchev–Trinajstić information content (AvgIpc) is 3.17. The number of rotatable bonds is 8. The van der Waals surface area contributed by atoms with Gasteiger partial charge >= 0.3 is 5.69 Å². The van der Waals surface area contributed by atoms with Crippen LogP contribution in [0.15, 0.2) is 63.2 Å². The van der Waals surface area contributed by atoms with Crippen LogP contribution in [0.1, 0.15) is 11.1 Å². The predicted octanol–water partition coefficient (Wildman–Crippen LogP) is 1.32. The summed E-state index contributed by atoms with van der Waals surface area (Å²) in [5, 5.41) is 24.7. The first-order chi connectivity index (χ1) is 16.3. The summed E-state index contributed by atoms with van der Waals surface area (Å²) in [6.45, 7) is 1.81. The zero-order chi connectivity index (χ0) is 24.2. The van der Waals surface area contributed by atoms with E-state index in [2.05, 4.69) is 20.5 Å². The number of aromatic nitrogens is 4. The Kier molecular flexibility index (Phi) is 6.46. The monoisotopic (exact) mass is 464 g/mol. The number of aryl methyl sites for hydroxylation is 2. The molecular weight excluding hydrogens is 440 g/mol. The van der Waals surface area contributed by atoms with Crippen molar-refractivity contribution in [1.82, 2.24) is 19.1 Å². The number of para-hydroxylation sites is 2. The fraction of sp³-hybridized carbons (Fsp3) is 0.217. The number of phenols is 1. The quantitative estimate of drug-likeness (QED) is 0.227. The number of aromatic amines is 1. The summed E-state index contributed by atoms with van der Waals surface area (Å²) < 4.78 is 8.35. The third kappa shape index (κ3) is 4.69. The lowest BCUT2D eigenvalue weighted by atomic mass is 10.2. The van der Waals surface area contributed by atoms with Gasteiger partial charge in [0.15, 0.2) is 11.2 Å². The highest BCUT2D eigenvalue weighted by molar-refractivity contribution is 5.83. The van der Waals surface area contributed by atoms with E-state index in [4.69, 9.17) is 4.74 Å². The standard InChI is InChI=1S/C23H24N6O5/c1-14-7-3-6-10-18(14)34-13-16(30)12-29-19-20(28(2)23(33)26-21(19)32)25-22(29)27-24-11-15-8-4-5-9-17(15)31/h3-11,16,30-31H,12-13H2,1-2H3,(H,25,27)(H,26,32,33)/b24-11-/t16-/m1/s1. The van der Waals surface area contributed by atoms with E-state index in [1.54, 1.807) is 24.3 Å². The van der Waals surface area contributed by atoms with Crippen LogP contribution in [-0.2, 0) is 13.6 Å². The number of nitrogens with one attached hydrogen (secondary N) is 2. The molecular formula is C23H24N6O5. The first kappa shape index (κ1) is 22.8. The van der Waals surface area contributed by atoms with Gasteiger partial charge < -0.3 is 19.5 Å². The van der Waals surface area contributed by atoms with Crippen molar-refractivity contribution < 1.29 is 14.9 Å². The lowest BCUT2D eigenvalue weighted by molar-refractivity contribution is 0.0935. The van der Waals surface area contributed by atoms with Gasteiger partial charge in [-0.3, -0.25) is 14.3 Å². The Morgan fingerprint density at radius 3 is 2.71 bits per heavy atom. The molecule has 0 unspecified atom stereocenters. The van der Waals surface area contributed by atoms with E-state index in [-0.39, 0.29) is 36.0 Å². The topological polar surface area (TPSA) is 147 Å². The number of aromatic hydroxyl groups is 1. The smallest absolute Gasteiger partial charge is 0.329 e. The minimum Gasteiger partial charge on any atom is -0.507 e. The number of H-pyrrole nitrogens is 1. The summed E-state index contributed by atoms with van der Waals surface area (Å²) in [5.74, 6) is 0.815. The number of hydrogen-bond donors (Lipinski definition) is 4. The largest absolute Gasteiger partial charge is 0.507 e. The number of anilines is 1. The molecule has 0 spiro atoms. The van der Waals surface area contributed by atoms with Gasteiger partial charge in [-0.2, -0.15) is 10.1 Å². The van der Waals surface area contributed by atoms with Crippen molar-refractivity contribution in [3.63, 3.8) is 0 Å². The fourth-order valence-electron chi connectivity index (χ4n) is 3.42. The van der Waals surface area contributed by atoms with Gasteiger partial charge in [-0.25, -0.2) is 10.2 Å². The molecule has 0 aliphatic heterocycles. The van der Waals surface area contributed by atoms with Crippen LogP contribution in [0.4, 0.5) is 5.95 Å². The summed E-state index contributed by atoms with van der Waals surface area (Å²) >= 11 is 0. The van der Waals surface area contributed by atoms with Crippen LogP contribution in [0.25, 0.3) is 11.2 Å². The van der Waals surface area contributed by atoms with Gasteiger partial charge in [0.1, 0.15) is 24.2 Å². The molecule has 4 N–H and O–H groups in total. The second-order valence-corrected chi connectivity index (χ2v) is 7.70. The number of phenolic OH excluding ortho intramolecular Hbond substituents is 1. The predicted molar refractivity (Wildman–Crippen MR) is 128 cm³/mol. The molecule has 0 aliphatic rings. The van der Waals surface area contributed by atoms with Crippen LogP contribution < -0.4 is 21.4 Å². The van der Waals surface area contributed by atoms with Gasteiger partial charge in [0, 0.05) is 12.6 Å². The zero-order valence-electron chi connectivity index (χ0n) is 18.6. The van der Waals surface area contributed by atoms with Gasteiger partial charge in [-0.05, 0) is 30.7 Å². The second kappa shape index (κ2) is 9.63. The van der Waals surface area contributed by atoms with Crippen LogP contribution in [-0.4, -0.2) is 48.2 Å². The van der Waals surface area contributed by atoms with Gasteiger partial charge in [0.05, 0.1) is 12.8 Å². The molecule has 0 saturated heterocycles. The van der Waals surface area contributed by atoms with Crippen molar-refractivity contribution >= 4 is 23.3 Å². The Hall–Kier alpha value is -4.38. The van der Waals surface area contributed by atoms with Crippen LogP contribution >= 0.6 is 0 Å². The third-order valence-corrected chi connectivity index (χ3v) is 5.23. The molecule has 0 saturated carbocycles. The Morgan fingerprint density at radius 1 is 1.21 bits per heavy atom. The molecule has 0 fully saturated rings. The molecule has 4 aromatic rings. The molecule has 2 aromatic carbocycles. The molecule has 0 radical (unpaired) electrons. The number of aliphatic hydroxyl groups is 1. The minimum atomic E-state index is -1.00. The number of benzene rings is 2. The van der Waals surface area contributed by atoms with Gasteiger partial charge in [-0.15, -0.1) is 0 Å². The van der Waals surface area contributed by atoms with E-state index in [0.717, 1.165) is 5.56 Å². The van der Waals surface area contributed by atoms with Crippen LogP contribution in [0.2, 0.25) is 0 Å². The van der Waals surface area contributed by atoms with Crippen molar-refractivity contribution in [2.75, 3.05) is 12.0 Å². The first-order valence-electron chi connectivity index (χ1n) is 10.5. The molecule has 34 heavy (non-hydrogen) atoms. The second-order valence-electron chi connectivity index (χ2n) is 7.70. The lowest BCUT2D eigenvalue weighted by Gasteiger charge is -2.16. The van der Waals surface area contributed by atoms with Crippen molar-refractivity contribution in [2.45, 2.75) is 19.6 Å². The maximum Gasteiger partial charge on any atom is 0.329 e. The summed E-state index contributed by atoms with van der Waals surface area (Å²) in [7, 11) is 1.48. The van der Waals surface area contributed by atoms with Gasteiger partial charge in [0.25, 0.3) is 5.56 Å². The number of hydrogen-bond acceptors (Lipinski definition) is 8. The van der Waals surface area contributed by atoms with Crippen molar-refractivity contribution in [3.05, 3.63) is 80.5 Å². The van der Waals surface area contributed by atoms with Crippen LogP contribution in [0.3, 0.4) is 0 Å². The Balaban J connectivity index is 1.64. The van der Waals surface area contributed by atoms with E-state index in [1.807, 2.05) is 25.1 Å². The summed E-state index contributed by atoms with van der Waals surface area (Å²) in [6.07, 6.45) is 0.385. The summed E-state index contributed by atoms with van der Waals surface area (Å²) in [4.78, 5) is 31.2. The first-order valence-corrected chi connectivity index (χ1v) is 10.5. The lowest BCUT2D eigenvalue weighted by Crippen LogP contribution is -2.30. The highest BCUT2D eigenvalue weighted by Crippen LogP contribution is 2.19. The number of imidazole rings is 1. The third-order valence-electron chi connectivity index (χ3n) is 5.23. The van der Waals surface area contributed by atoms with Crippen LogP contribution in [0.5, 0.6) is 11.5 Å². The fourth-order valence-corrected chi connectivity index (χ4v) is 3.42. The van der Waals surface area contributed by atoms with E-state index in [9.17, 15) is 19.8 Å². The Bertz CT molecular complexity index is 1470. The molecule has 0 bridgehead atoms. The van der Waals surface area contributed by atoms with E-state index < -0.39 is 17.4 Å². The minimum absolute atomic E-state index is 0.0329. The number of aliphatic hydroxyl groups excluding tert-OH is 1. The van der Waals surface area contributed by atoms with Crippen molar-refractivity contribution in [2.24, 2.45) is 12.1 Å². The molecule has 176 valence electrons. The Labute approximate surface area is 193 Å². The molecule has 4 rings (SSSR count). The summed E-state index contributed by atoms with van der Waals surface area (Å²) in [5.41, 5.74) is 3.09. The van der Waals surface area contributed by atoms with E-state index in [0.29, 0.717) is 11.3 Å². The SMILES string of the molecule is Cc1ccccc1OC[C@H](O)Cn1c(N/N=C\c2ccccc2O)nc2c1c(=O)[nH]c(=O)n2C. The molecule has 11 heteroatoms. The normalized spacial score (nSPS) is 12.3. The van der Waals surface area contributed by atoms with Crippen LogP contribution in [0, 0.1) is 6.92 Å².